The van der Waals surface area contributed by atoms with Gasteiger partial charge in [-0.1, -0.05) is 12.1 Å². The van der Waals surface area contributed by atoms with Crippen LogP contribution in [0.4, 0.5) is 17.2 Å². The van der Waals surface area contributed by atoms with Crippen LogP contribution in [0, 0.1) is 10.8 Å². The molecule has 0 aliphatic carbocycles. The number of benzene rings is 1. The first-order valence-corrected chi connectivity index (χ1v) is 8.83. The van der Waals surface area contributed by atoms with Gasteiger partial charge in [-0.15, -0.1) is 0 Å². The van der Waals surface area contributed by atoms with Crippen LogP contribution in [0.25, 0.3) is 5.57 Å². The highest BCUT2D eigenvalue weighted by Gasteiger charge is 2.13. The molecule has 1 aromatic heterocycles. The lowest BCUT2D eigenvalue weighted by atomic mass is 10.0. The highest BCUT2D eigenvalue weighted by atomic mass is 16.5. The van der Waals surface area contributed by atoms with E-state index in [9.17, 15) is 0 Å². The molecule has 0 spiro atoms. The van der Waals surface area contributed by atoms with Gasteiger partial charge < -0.3 is 31.1 Å². The van der Waals surface area contributed by atoms with Gasteiger partial charge in [-0.25, -0.2) is 4.98 Å². The molecule has 140 valence electrons. The second-order valence-corrected chi connectivity index (χ2v) is 6.11. The zero-order valence-electron chi connectivity index (χ0n) is 15.3. The van der Waals surface area contributed by atoms with Gasteiger partial charge in [0.25, 0.3) is 0 Å². The van der Waals surface area contributed by atoms with Gasteiger partial charge in [-0.3, -0.25) is 0 Å². The van der Waals surface area contributed by atoms with Gasteiger partial charge >= 0.3 is 0 Å². The number of morpholine rings is 1. The van der Waals surface area contributed by atoms with E-state index in [4.69, 9.17) is 15.6 Å². The van der Waals surface area contributed by atoms with Crippen molar-refractivity contribution in [3.63, 3.8) is 0 Å². The summed E-state index contributed by atoms with van der Waals surface area (Å²) in [5, 5.41) is 21.6. The van der Waals surface area contributed by atoms with Crippen molar-refractivity contribution in [3.8, 4) is 0 Å². The Balaban J connectivity index is 1.89. The van der Waals surface area contributed by atoms with Crippen molar-refractivity contribution >= 4 is 35.2 Å². The molecule has 0 amide bonds. The third-order valence-corrected chi connectivity index (χ3v) is 4.36. The van der Waals surface area contributed by atoms with Gasteiger partial charge in [0.05, 0.1) is 13.2 Å². The Morgan fingerprint density at radius 2 is 2.00 bits per heavy atom. The highest BCUT2D eigenvalue weighted by Crippen LogP contribution is 2.26. The third-order valence-electron chi connectivity index (χ3n) is 4.36. The summed E-state index contributed by atoms with van der Waals surface area (Å²) in [4.78, 5) is 6.67. The molecule has 27 heavy (non-hydrogen) atoms. The van der Waals surface area contributed by atoms with Crippen LogP contribution in [-0.4, -0.2) is 50.8 Å². The van der Waals surface area contributed by atoms with E-state index < -0.39 is 0 Å². The van der Waals surface area contributed by atoms with E-state index in [0.29, 0.717) is 13.2 Å². The first-order chi connectivity index (χ1) is 13.2. The molecule has 2 heterocycles. The van der Waals surface area contributed by atoms with E-state index in [1.807, 2.05) is 30.3 Å². The van der Waals surface area contributed by atoms with E-state index >= 15 is 0 Å². The van der Waals surface area contributed by atoms with Gasteiger partial charge in [-0.05, 0) is 17.7 Å². The lowest BCUT2D eigenvalue weighted by Crippen LogP contribution is -2.36. The topological polar surface area (TPSA) is 97.1 Å². The van der Waals surface area contributed by atoms with Crippen molar-refractivity contribution < 1.29 is 4.74 Å². The van der Waals surface area contributed by atoms with Crippen molar-refractivity contribution in [1.82, 2.24) is 10.3 Å². The van der Waals surface area contributed by atoms with E-state index in [1.54, 1.807) is 19.4 Å². The zero-order valence-corrected chi connectivity index (χ0v) is 15.3. The van der Waals surface area contributed by atoms with Gasteiger partial charge in [0.2, 0.25) is 0 Å². The molecule has 1 saturated heterocycles. The summed E-state index contributed by atoms with van der Waals surface area (Å²) >= 11 is 0. The van der Waals surface area contributed by atoms with E-state index in [1.165, 1.54) is 12.4 Å². The fourth-order valence-corrected chi connectivity index (χ4v) is 2.95. The normalized spacial score (nSPS) is 14.6. The SMILES string of the molecule is CN/C=C(\C=N)c1ccc(C=N)c(Nc2ccnc(N3CCOCC3)c2)c1. The van der Waals surface area contributed by atoms with Crippen LogP contribution in [0.5, 0.6) is 0 Å². The Labute approximate surface area is 159 Å². The van der Waals surface area contributed by atoms with Crippen molar-refractivity contribution in [3.05, 3.63) is 53.9 Å². The Morgan fingerprint density at radius 1 is 1.19 bits per heavy atom. The van der Waals surface area contributed by atoms with Crippen LogP contribution in [0.3, 0.4) is 0 Å². The molecule has 0 saturated carbocycles. The van der Waals surface area contributed by atoms with Crippen molar-refractivity contribution in [1.29, 1.82) is 10.8 Å². The Kier molecular flexibility index (Phi) is 6.17. The van der Waals surface area contributed by atoms with Crippen molar-refractivity contribution in [2.75, 3.05) is 43.6 Å². The van der Waals surface area contributed by atoms with Crippen LogP contribution >= 0.6 is 0 Å². The van der Waals surface area contributed by atoms with Gasteiger partial charge in [0.15, 0.2) is 0 Å². The molecule has 1 aromatic carbocycles. The van der Waals surface area contributed by atoms with Crippen LogP contribution in [-0.2, 0) is 4.74 Å². The summed E-state index contributed by atoms with van der Waals surface area (Å²) in [6.07, 6.45) is 6.19. The van der Waals surface area contributed by atoms with Crippen LogP contribution in [0.1, 0.15) is 11.1 Å². The van der Waals surface area contributed by atoms with Gasteiger partial charge in [0.1, 0.15) is 5.82 Å². The minimum atomic E-state index is 0.712. The largest absolute Gasteiger partial charge is 0.393 e. The summed E-state index contributed by atoms with van der Waals surface area (Å²) in [5.74, 6) is 0.908. The maximum Gasteiger partial charge on any atom is 0.130 e. The van der Waals surface area contributed by atoms with Crippen molar-refractivity contribution in [2.24, 2.45) is 0 Å². The summed E-state index contributed by atoms with van der Waals surface area (Å²) in [6.45, 7) is 3.08. The van der Waals surface area contributed by atoms with Gasteiger partial charge in [-0.2, -0.15) is 0 Å². The second-order valence-electron chi connectivity index (χ2n) is 6.11. The first-order valence-electron chi connectivity index (χ1n) is 8.83. The molecule has 0 unspecified atom stereocenters. The monoisotopic (exact) mass is 364 g/mol. The first kappa shape index (κ1) is 18.6. The molecule has 0 bridgehead atoms. The number of hydrogen-bond acceptors (Lipinski definition) is 7. The molecular weight excluding hydrogens is 340 g/mol. The maximum absolute atomic E-state index is 7.69. The molecule has 0 atom stereocenters. The molecule has 1 fully saturated rings. The standard InChI is InChI=1S/C20H24N6O/c1-23-14-17(13-22)15-2-3-16(12-21)19(10-15)25-18-4-5-24-20(11-18)26-6-8-27-9-7-26/h2-5,10-14,21-23H,6-9H2,1H3,(H,24,25)/b17-14+,21-12?,22-13?. The van der Waals surface area contributed by atoms with Crippen molar-refractivity contribution in [2.45, 2.75) is 0 Å². The molecule has 7 heteroatoms. The smallest absolute Gasteiger partial charge is 0.130 e. The number of rotatable bonds is 7. The number of aromatic nitrogens is 1. The fourth-order valence-electron chi connectivity index (χ4n) is 2.95. The predicted molar refractivity (Wildman–Crippen MR) is 111 cm³/mol. The minimum Gasteiger partial charge on any atom is -0.393 e. The predicted octanol–water partition coefficient (Wildman–Crippen LogP) is 2.87. The number of pyridine rings is 1. The van der Waals surface area contributed by atoms with E-state index in [0.717, 1.165) is 47.0 Å². The molecule has 7 nitrogen and oxygen atoms in total. The molecule has 1 aliphatic heterocycles. The molecular formula is C20H24N6O. The Morgan fingerprint density at radius 3 is 2.70 bits per heavy atom. The average molecular weight is 364 g/mol. The Hall–Kier alpha value is -3.19. The quantitative estimate of drug-likeness (QED) is 0.567. The minimum absolute atomic E-state index is 0.712. The van der Waals surface area contributed by atoms with E-state index in [2.05, 4.69) is 20.5 Å². The van der Waals surface area contributed by atoms with Gasteiger partial charge in [0, 0.05) is 73.5 Å². The average Bonchev–Trinajstić information content (AvgIpc) is 2.73. The second kappa shape index (κ2) is 8.95. The number of ether oxygens (including phenoxy) is 1. The van der Waals surface area contributed by atoms with Crippen LogP contribution < -0.4 is 15.5 Å². The molecule has 2 aromatic rings. The summed E-state index contributed by atoms with van der Waals surface area (Å²) < 4.78 is 5.40. The number of allylic oxidation sites excluding steroid dienone is 1. The molecule has 4 N–H and O–H groups in total. The summed E-state index contributed by atoms with van der Waals surface area (Å²) in [5.41, 5.74) is 4.15. The number of hydrogen-bond donors (Lipinski definition) is 4. The highest BCUT2D eigenvalue weighted by molar-refractivity contribution is 6.09. The number of nitrogens with zero attached hydrogens (tertiary/aromatic N) is 2. The lowest BCUT2D eigenvalue weighted by Gasteiger charge is -2.28. The van der Waals surface area contributed by atoms with Crippen LogP contribution in [0.2, 0.25) is 0 Å². The van der Waals surface area contributed by atoms with Crippen LogP contribution in [0.15, 0.2) is 42.7 Å². The fraction of sp³-hybridized carbons (Fsp3) is 0.250. The number of nitrogens with one attached hydrogen (secondary N) is 4. The molecule has 0 radical (unpaired) electrons. The third kappa shape index (κ3) is 4.51. The number of anilines is 3. The Bertz CT molecular complexity index is 842. The summed E-state index contributed by atoms with van der Waals surface area (Å²) in [7, 11) is 1.80. The zero-order chi connectivity index (χ0) is 19.1. The molecule has 3 rings (SSSR count). The maximum atomic E-state index is 7.69. The lowest BCUT2D eigenvalue weighted by molar-refractivity contribution is 0.122. The molecule has 1 aliphatic rings. The summed E-state index contributed by atoms with van der Waals surface area (Å²) in [6, 6.07) is 9.65. The van der Waals surface area contributed by atoms with E-state index in [-0.39, 0.29) is 0 Å².